The molecule has 0 unspecified atom stereocenters. The SMILES string of the molecule is c1ccc(N(c2ccc3c(c2)C2(c4ccccc4Oc4ccccc42)c2c-3c3ccccc3c3cc(N(c4ccccc4)c4ccc5c(c4)oc4ccccc45)ccc23)c2ccc3c(c2)oc2ccccc23)cc1. The van der Waals surface area contributed by atoms with Crippen molar-refractivity contribution in [3.8, 4) is 22.6 Å². The number of fused-ring (bicyclic) bond motifs is 20. The van der Waals surface area contributed by atoms with Crippen LogP contribution in [0.5, 0.6) is 11.5 Å². The minimum Gasteiger partial charge on any atom is -0.457 e. The molecule has 16 rings (SSSR count). The number of rotatable bonds is 6. The molecule has 2 aliphatic rings. The highest BCUT2D eigenvalue weighted by Crippen LogP contribution is 2.65. The minimum atomic E-state index is -0.785. The van der Waals surface area contributed by atoms with Crippen molar-refractivity contribution in [1.29, 1.82) is 0 Å². The molecule has 0 saturated carbocycles. The van der Waals surface area contributed by atoms with Gasteiger partial charge in [-0.1, -0.05) is 146 Å². The lowest BCUT2D eigenvalue weighted by Gasteiger charge is -2.40. The topological polar surface area (TPSA) is 42.0 Å². The summed E-state index contributed by atoms with van der Waals surface area (Å²) in [6.45, 7) is 0. The van der Waals surface area contributed by atoms with Gasteiger partial charge in [-0.2, -0.15) is 0 Å². The highest BCUT2D eigenvalue weighted by Gasteiger charge is 2.53. The smallest absolute Gasteiger partial charge is 0.137 e. The van der Waals surface area contributed by atoms with Crippen LogP contribution < -0.4 is 14.5 Å². The van der Waals surface area contributed by atoms with Crippen LogP contribution in [0.4, 0.5) is 34.1 Å². The van der Waals surface area contributed by atoms with Crippen molar-refractivity contribution in [3.05, 3.63) is 277 Å². The zero-order chi connectivity index (χ0) is 48.5. The molecule has 5 nitrogen and oxygen atoms in total. The normalized spacial score (nSPS) is 13.1. The average Bonchev–Trinajstić information content (AvgIpc) is 4.15. The Morgan fingerprint density at radius 1 is 0.270 bits per heavy atom. The number of anilines is 6. The first-order valence-electron chi connectivity index (χ1n) is 25.2. The quantitative estimate of drug-likeness (QED) is 0.155. The van der Waals surface area contributed by atoms with Crippen LogP contribution in [0.1, 0.15) is 22.3 Å². The van der Waals surface area contributed by atoms with Gasteiger partial charge >= 0.3 is 0 Å². The fourth-order valence-corrected chi connectivity index (χ4v) is 12.6. The molecule has 14 aromatic rings. The van der Waals surface area contributed by atoms with E-state index in [0.29, 0.717) is 0 Å². The third-order valence-corrected chi connectivity index (χ3v) is 15.6. The molecule has 0 N–H and O–H groups in total. The van der Waals surface area contributed by atoms with Crippen molar-refractivity contribution in [2.45, 2.75) is 5.41 Å². The second-order valence-corrected chi connectivity index (χ2v) is 19.5. The van der Waals surface area contributed by atoms with Gasteiger partial charge < -0.3 is 23.4 Å². The summed E-state index contributed by atoms with van der Waals surface area (Å²) in [4.78, 5) is 4.72. The van der Waals surface area contributed by atoms with E-state index >= 15 is 0 Å². The van der Waals surface area contributed by atoms with Crippen molar-refractivity contribution < 1.29 is 13.6 Å². The standard InChI is InChI=1S/C69H42N2O3/c1-3-17-43(18-4-1)70(47-31-35-52-50-22-9-13-27-61(50)72-65(52)41-47)45-33-37-55-57(39-45)49-21-7-8-24-54(49)67-56-38-34-46(40-60(56)69(68(55)67)58-25-11-15-29-63(58)74-64-30-16-12-26-59(64)69)71(44-19-5-2-6-20-44)48-32-36-53-51-23-10-14-28-62(51)73-66(53)42-48/h1-42H. The summed E-state index contributed by atoms with van der Waals surface area (Å²) >= 11 is 0. The third kappa shape index (κ3) is 5.75. The van der Waals surface area contributed by atoms with E-state index in [-0.39, 0.29) is 0 Å². The Bertz CT molecular complexity index is 4560. The first-order chi connectivity index (χ1) is 36.7. The molecule has 346 valence electrons. The van der Waals surface area contributed by atoms with Crippen LogP contribution in [0, 0.1) is 0 Å². The van der Waals surface area contributed by atoms with Crippen molar-refractivity contribution in [2.75, 3.05) is 9.80 Å². The van der Waals surface area contributed by atoms with Crippen molar-refractivity contribution in [2.24, 2.45) is 0 Å². The van der Waals surface area contributed by atoms with Crippen LogP contribution in [0.15, 0.2) is 264 Å². The maximum absolute atomic E-state index is 6.94. The van der Waals surface area contributed by atoms with E-state index in [2.05, 4.69) is 240 Å². The van der Waals surface area contributed by atoms with Crippen molar-refractivity contribution >= 4 is 99.5 Å². The summed E-state index contributed by atoms with van der Waals surface area (Å²) in [5, 5.41) is 9.15. The van der Waals surface area contributed by atoms with Gasteiger partial charge in [0.1, 0.15) is 33.8 Å². The first-order valence-corrected chi connectivity index (χ1v) is 25.2. The molecule has 1 aliphatic heterocycles. The number of hydrogen-bond donors (Lipinski definition) is 0. The lowest BCUT2D eigenvalue weighted by atomic mass is 9.65. The van der Waals surface area contributed by atoms with Gasteiger partial charge in [0.2, 0.25) is 0 Å². The third-order valence-electron chi connectivity index (χ3n) is 15.6. The summed E-state index contributed by atoms with van der Waals surface area (Å²) in [7, 11) is 0. The zero-order valence-electron chi connectivity index (χ0n) is 39.9. The Morgan fingerprint density at radius 3 is 1.28 bits per heavy atom. The monoisotopic (exact) mass is 946 g/mol. The van der Waals surface area contributed by atoms with Crippen LogP contribution in [-0.2, 0) is 5.41 Å². The lowest BCUT2D eigenvalue weighted by molar-refractivity contribution is 0.437. The molecule has 3 heterocycles. The van der Waals surface area contributed by atoms with Gasteiger partial charge in [0.05, 0.1) is 5.41 Å². The van der Waals surface area contributed by atoms with E-state index in [0.717, 1.165) is 101 Å². The predicted octanol–water partition coefficient (Wildman–Crippen LogP) is 19.2. The van der Waals surface area contributed by atoms with Gasteiger partial charge in [0, 0.05) is 78.9 Å². The van der Waals surface area contributed by atoms with Crippen LogP contribution in [0.2, 0.25) is 0 Å². The number of ether oxygens (including phenoxy) is 1. The Labute approximate surface area is 425 Å². The Balaban J connectivity index is 0.973. The summed E-state index contributed by atoms with van der Waals surface area (Å²) in [5.41, 5.74) is 16.0. The van der Waals surface area contributed by atoms with E-state index in [1.54, 1.807) is 0 Å². The van der Waals surface area contributed by atoms with Crippen LogP contribution >= 0.6 is 0 Å². The first kappa shape index (κ1) is 40.8. The lowest BCUT2D eigenvalue weighted by Crippen LogP contribution is -2.32. The molecule has 5 heteroatoms. The second-order valence-electron chi connectivity index (χ2n) is 19.5. The van der Waals surface area contributed by atoms with E-state index < -0.39 is 5.41 Å². The zero-order valence-corrected chi connectivity index (χ0v) is 39.9. The maximum Gasteiger partial charge on any atom is 0.137 e. The summed E-state index contributed by atoms with van der Waals surface area (Å²) < 4.78 is 20.0. The molecular weight excluding hydrogens is 905 g/mol. The van der Waals surface area contributed by atoms with E-state index in [1.165, 1.54) is 43.8 Å². The van der Waals surface area contributed by atoms with Gasteiger partial charge in [-0.3, -0.25) is 0 Å². The fraction of sp³-hybridized carbons (Fsp3) is 0.0145. The fourth-order valence-electron chi connectivity index (χ4n) is 12.6. The molecule has 74 heavy (non-hydrogen) atoms. The molecule has 0 amide bonds. The van der Waals surface area contributed by atoms with E-state index in [1.807, 2.05) is 24.3 Å². The van der Waals surface area contributed by atoms with E-state index in [4.69, 9.17) is 13.6 Å². The van der Waals surface area contributed by atoms with Crippen LogP contribution in [0.3, 0.4) is 0 Å². The molecular formula is C69H42N2O3. The molecule has 12 aromatic carbocycles. The van der Waals surface area contributed by atoms with Gasteiger partial charge in [-0.05, 0) is 141 Å². The number of nitrogens with zero attached hydrogens (tertiary/aromatic N) is 2. The largest absolute Gasteiger partial charge is 0.457 e. The van der Waals surface area contributed by atoms with E-state index in [9.17, 15) is 0 Å². The molecule has 0 atom stereocenters. The maximum atomic E-state index is 6.94. The Kier molecular flexibility index (Phi) is 8.60. The molecule has 0 radical (unpaired) electrons. The van der Waals surface area contributed by atoms with Crippen LogP contribution in [-0.4, -0.2) is 0 Å². The molecule has 0 saturated heterocycles. The average molecular weight is 947 g/mol. The Morgan fingerprint density at radius 2 is 0.703 bits per heavy atom. The number of para-hydroxylation sites is 6. The summed E-state index contributed by atoms with van der Waals surface area (Å²) in [6.07, 6.45) is 0. The highest BCUT2D eigenvalue weighted by atomic mass is 16.5. The molecule has 1 aliphatic carbocycles. The summed E-state index contributed by atoms with van der Waals surface area (Å²) in [5.74, 6) is 1.69. The Hall–Kier alpha value is -9.84. The number of benzene rings is 12. The molecule has 1 spiro atoms. The number of furan rings is 2. The molecule has 0 bridgehead atoms. The van der Waals surface area contributed by atoms with Gasteiger partial charge in [0.15, 0.2) is 0 Å². The summed E-state index contributed by atoms with van der Waals surface area (Å²) in [6, 6.07) is 91.6. The van der Waals surface area contributed by atoms with Crippen molar-refractivity contribution in [1.82, 2.24) is 0 Å². The second kappa shape index (κ2) is 15.6. The van der Waals surface area contributed by atoms with Gasteiger partial charge in [0.25, 0.3) is 0 Å². The highest BCUT2D eigenvalue weighted by molar-refractivity contribution is 6.20. The number of hydrogen-bond acceptors (Lipinski definition) is 5. The van der Waals surface area contributed by atoms with Crippen molar-refractivity contribution in [3.63, 3.8) is 0 Å². The van der Waals surface area contributed by atoms with Crippen LogP contribution in [0.25, 0.3) is 76.5 Å². The molecule has 0 fully saturated rings. The van der Waals surface area contributed by atoms with Gasteiger partial charge in [-0.15, -0.1) is 0 Å². The molecule has 2 aromatic heterocycles. The minimum absolute atomic E-state index is 0.785. The van der Waals surface area contributed by atoms with Gasteiger partial charge in [-0.25, -0.2) is 0 Å². The predicted molar refractivity (Wildman–Crippen MR) is 303 cm³/mol.